The zero-order chi connectivity index (χ0) is 13.0. The van der Waals surface area contributed by atoms with Crippen molar-refractivity contribution in [3.8, 4) is 0 Å². The second-order valence-corrected chi connectivity index (χ2v) is 4.57. The molecule has 0 aliphatic carbocycles. The minimum atomic E-state index is 0.151. The van der Waals surface area contributed by atoms with Gasteiger partial charge in [0.1, 0.15) is 5.82 Å². The summed E-state index contributed by atoms with van der Waals surface area (Å²) in [5, 5.41) is 3.20. The molecule has 2 rings (SSSR count). The Labute approximate surface area is 109 Å². The van der Waals surface area contributed by atoms with Crippen molar-refractivity contribution in [2.24, 2.45) is 0 Å². The Kier molecular flexibility index (Phi) is 4.63. The van der Waals surface area contributed by atoms with Gasteiger partial charge in [0.05, 0.1) is 24.4 Å². The van der Waals surface area contributed by atoms with Gasteiger partial charge in [-0.25, -0.2) is 9.97 Å². The van der Waals surface area contributed by atoms with Crippen LogP contribution in [0.5, 0.6) is 0 Å². The molecule has 2 atom stereocenters. The van der Waals surface area contributed by atoms with E-state index in [2.05, 4.69) is 27.1 Å². The van der Waals surface area contributed by atoms with Gasteiger partial charge >= 0.3 is 0 Å². The topological polar surface area (TPSA) is 50.3 Å². The highest BCUT2D eigenvalue weighted by Crippen LogP contribution is 2.27. The van der Waals surface area contributed by atoms with Crippen LogP contribution in [0, 0.1) is 6.92 Å². The monoisotopic (exact) mass is 250 g/mol. The lowest BCUT2D eigenvalue weighted by Crippen LogP contribution is -2.48. The first-order valence-electron chi connectivity index (χ1n) is 6.56. The van der Waals surface area contributed by atoms with Crippen molar-refractivity contribution in [2.45, 2.75) is 26.0 Å². The third kappa shape index (κ3) is 2.85. The lowest BCUT2D eigenvalue weighted by Gasteiger charge is -2.40. The molecule has 0 spiro atoms. The summed E-state index contributed by atoms with van der Waals surface area (Å²) < 4.78 is 5.89. The van der Waals surface area contributed by atoms with Crippen molar-refractivity contribution < 1.29 is 4.74 Å². The van der Waals surface area contributed by atoms with Gasteiger partial charge in [-0.1, -0.05) is 6.92 Å². The van der Waals surface area contributed by atoms with Crippen LogP contribution in [0.15, 0.2) is 12.3 Å². The fourth-order valence-corrected chi connectivity index (χ4v) is 2.53. The lowest BCUT2D eigenvalue weighted by molar-refractivity contribution is -0.0700. The van der Waals surface area contributed by atoms with Gasteiger partial charge in [0.15, 0.2) is 0 Å². The number of nitrogens with one attached hydrogen (secondary N) is 1. The Morgan fingerprint density at radius 2 is 2.39 bits per heavy atom. The summed E-state index contributed by atoms with van der Waals surface area (Å²) >= 11 is 0. The minimum absolute atomic E-state index is 0.151. The van der Waals surface area contributed by atoms with E-state index >= 15 is 0 Å². The smallest absolute Gasteiger partial charge is 0.125 e. The van der Waals surface area contributed by atoms with Crippen molar-refractivity contribution in [2.75, 3.05) is 33.3 Å². The summed E-state index contributed by atoms with van der Waals surface area (Å²) in [7, 11) is 1.95. The van der Waals surface area contributed by atoms with E-state index in [9.17, 15) is 0 Å². The summed E-state index contributed by atoms with van der Waals surface area (Å²) in [4.78, 5) is 11.2. The highest BCUT2D eigenvalue weighted by Gasteiger charge is 2.33. The number of likely N-dealkylation sites (N-methyl/N-ethyl adjacent to an activating group) is 2. The molecule has 1 fully saturated rings. The van der Waals surface area contributed by atoms with Crippen molar-refractivity contribution >= 4 is 0 Å². The van der Waals surface area contributed by atoms with Gasteiger partial charge in [0, 0.05) is 19.3 Å². The fraction of sp³-hybridized carbons (Fsp3) is 0.692. The normalized spacial score (nSPS) is 25.3. The third-order valence-corrected chi connectivity index (χ3v) is 3.37. The number of rotatable bonds is 4. The quantitative estimate of drug-likeness (QED) is 0.855. The van der Waals surface area contributed by atoms with Gasteiger partial charge in [0.25, 0.3) is 0 Å². The van der Waals surface area contributed by atoms with Crippen molar-refractivity contribution in [1.29, 1.82) is 0 Å². The number of aryl methyl sites for hydroxylation is 1. The first-order chi connectivity index (χ1) is 8.76. The highest BCUT2D eigenvalue weighted by atomic mass is 16.5. The zero-order valence-electron chi connectivity index (χ0n) is 11.4. The molecule has 5 nitrogen and oxygen atoms in total. The first kappa shape index (κ1) is 13.4. The average molecular weight is 250 g/mol. The van der Waals surface area contributed by atoms with Crippen LogP contribution in [0.4, 0.5) is 0 Å². The highest BCUT2D eigenvalue weighted by molar-refractivity contribution is 5.11. The van der Waals surface area contributed by atoms with Crippen LogP contribution in [0.25, 0.3) is 0 Å². The largest absolute Gasteiger partial charge is 0.374 e. The standard InChI is InChI=1S/C13H22N4O/c1-4-17-7-8-18-12(9-14-3)13(17)11-5-6-15-10(2)16-11/h5-6,12-14H,4,7-9H2,1-3H3. The molecule has 2 heterocycles. The van der Waals surface area contributed by atoms with E-state index in [0.29, 0.717) is 0 Å². The molecule has 5 heteroatoms. The maximum absolute atomic E-state index is 5.89. The molecule has 1 aromatic heterocycles. The van der Waals surface area contributed by atoms with E-state index in [0.717, 1.165) is 37.8 Å². The van der Waals surface area contributed by atoms with Crippen LogP contribution < -0.4 is 5.32 Å². The van der Waals surface area contributed by atoms with Gasteiger partial charge in [-0.2, -0.15) is 0 Å². The molecular formula is C13H22N4O. The number of ether oxygens (including phenoxy) is 1. The molecule has 1 saturated heterocycles. The molecule has 100 valence electrons. The molecule has 2 unspecified atom stereocenters. The van der Waals surface area contributed by atoms with Crippen molar-refractivity contribution in [1.82, 2.24) is 20.2 Å². The number of hydrogen-bond donors (Lipinski definition) is 1. The molecule has 1 N–H and O–H groups in total. The van der Waals surface area contributed by atoms with Crippen molar-refractivity contribution in [3.63, 3.8) is 0 Å². The average Bonchev–Trinajstić information content (AvgIpc) is 2.38. The summed E-state index contributed by atoms with van der Waals surface area (Å²) in [6.07, 6.45) is 1.98. The summed E-state index contributed by atoms with van der Waals surface area (Å²) in [5.74, 6) is 0.817. The molecule has 0 radical (unpaired) electrons. The number of aromatic nitrogens is 2. The van der Waals surface area contributed by atoms with E-state index in [-0.39, 0.29) is 12.1 Å². The van der Waals surface area contributed by atoms with Crippen LogP contribution in [0.2, 0.25) is 0 Å². The van der Waals surface area contributed by atoms with Crippen LogP contribution in [0.3, 0.4) is 0 Å². The predicted molar refractivity (Wildman–Crippen MR) is 70.4 cm³/mol. The second kappa shape index (κ2) is 6.22. The summed E-state index contributed by atoms with van der Waals surface area (Å²) in [6.45, 7) is 7.71. The Morgan fingerprint density at radius 1 is 1.56 bits per heavy atom. The first-order valence-corrected chi connectivity index (χ1v) is 6.56. The fourth-order valence-electron chi connectivity index (χ4n) is 2.53. The number of nitrogens with zero attached hydrogens (tertiary/aromatic N) is 3. The van der Waals surface area contributed by atoms with Gasteiger partial charge in [-0.15, -0.1) is 0 Å². The van der Waals surface area contributed by atoms with Crippen LogP contribution in [0.1, 0.15) is 24.5 Å². The maximum atomic E-state index is 5.89. The molecule has 1 aliphatic heterocycles. The van der Waals surface area contributed by atoms with E-state index in [4.69, 9.17) is 4.74 Å². The van der Waals surface area contributed by atoms with Gasteiger partial charge in [-0.3, -0.25) is 4.90 Å². The van der Waals surface area contributed by atoms with Gasteiger partial charge in [0.2, 0.25) is 0 Å². The molecule has 18 heavy (non-hydrogen) atoms. The van der Waals surface area contributed by atoms with E-state index in [1.165, 1.54) is 0 Å². The maximum Gasteiger partial charge on any atom is 0.125 e. The molecule has 0 saturated carbocycles. The zero-order valence-corrected chi connectivity index (χ0v) is 11.4. The lowest BCUT2D eigenvalue weighted by atomic mass is 10.0. The number of morpholine rings is 1. The molecular weight excluding hydrogens is 228 g/mol. The molecule has 0 bridgehead atoms. The van der Waals surface area contributed by atoms with E-state index in [1.54, 1.807) is 0 Å². The molecule has 0 amide bonds. The summed E-state index contributed by atoms with van der Waals surface area (Å²) in [5.41, 5.74) is 1.06. The summed E-state index contributed by atoms with van der Waals surface area (Å²) in [6, 6.07) is 2.22. The van der Waals surface area contributed by atoms with E-state index < -0.39 is 0 Å². The number of hydrogen-bond acceptors (Lipinski definition) is 5. The van der Waals surface area contributed by atoms with Gasteiger partial charge < -0.3 is 10.1 Å². The van der Waals surface area contributed by atoms with Crippen molar-refractivity contribution in [3.05, 3.63) is 23.8 Å². The molecule has 0 aromatic carbocycles. The Morgan fingerprint density at radius 3 is 3.06 bits per heavy atom. The van der Waals surface area contributed by atoms with Crippen LogP contribution in [-0.2, 0) is 4.74 Å². The predicted octanol–water partition coefficient (Wildman–Crippen LogP) is 0.766. The Balaban J connectivity index is 2.27. The van der Waals surface area contributed by atoms with Crippen LogP contribution in [-0.4, -0.2) is 54.3 Å². The minimum Gasteiger partial charge on any atom is -0.374 e. The van der Waals surface area contributed by atoms with E-state index in [1.807, 2.05) is 26.2 Å². The van der Waals surface area contributed by atoms with Crippen LogP contribution >= 0.6 is 0 Å². The van der Waals surface area contributed by atoms with Gasteiger partial charge in [-0.05, 0) is 26.6 Å². The molecule has 1 aromatic rings. The molecule has 1 aliphatic rings. The second-order valence-electron chi connectivity index (χ2n) is 4.57. The Bertz CT molecular complexity index is 383. The SMILES string of the molecule is CCN1CCOC(CNC)C1c1ccnc(C)n1. The Hall–Kier alpha value is -1.04. The third-order valence-electron chi connectivity index (χ3n) is 3.37.